The average molecular weight is 416 g/mol. The van der Waals surface area contributed by atoms with Crippen LogP contribution in [0.5, 0.6) is 17.2 Å². The number of nitrogens with zero attached hydrogens (tertiary/aromatic N) is 1. The topological polar surface area (TPSA) is 107 Å². The van der Waals surface area contributed by atoms with Crippen LogP contribution < -0.4 is 19.5 Å². The molecule has 0 atom stereocenters. The van der Waals surface area contributed by atoms with E-state index >= 15 is 0 Å². The lowest BCUT2D eigenvalue weighted by atomic mass is 10.1. The summed E-state index contributed by atoms with van der Waals surface area (Å²) in [5.74, 6) is -0.0569. The number of hydrogen-bond donors (Lipinski definition) is 1. The van der Waals surface area contributed by atoms with Crippen LogP contribution in [0.15, 0.2) is 41.3 Å². The highest BCUT2D eigenvalue weighted by molar-refractivity contribution is 7.99. The molecule has 2 rings (SSSR count). The van der Waals surface area contributed by atoms with E-state index in [0.717, 1.165) is 4.90 Å². The predicted octanol–water partition coefficient (Wildman–Crippen LogP) is 3.12. The number of methoxy groups -OCH3 is 3. The zero-order valence-electron chi connectivity index (χ0n) is 16.2. The van der Waals surface area contributed by atoms with E-state index in [1.54, 1.807) is 24.3 Å². The Balaban J connectivity index is 2.06. The van der Waals surface area contributed by atoms with Crippen molar-refractivity contribution in [3.8, 4) is 23.3 Å². The number of rotatable bonds is 9. The molecule has 1 amide bonds. The van der Waals surface area contributed by atoms with Crippen molar-refractivity contribution in [1.29, 1.82) is 5.26 Å². The molecule has 152 valence electrons. The summed E-state index contributed by atoms with van der Waals surface area (Å²) >= 11 is 1.30. The Kier molecular flexibility index (Phi) is 8.18. The first-order chi connectivity index (χ1) is 14.0. The van der Waals surface area contributed by atoms with Gasteiger partial charge < -0.3 is 24.3 Å². The van der Waals surface area contributed by atoms with Gasteiger partial charge in [-0.3, -0.25) is 4.79 Å². The monoisotopic (exact) mass is 416 g/mol. The number of ether oxygens (including phenoxy) is 4. The van der Waals surface area contributed by atoms with Crippen molar-refractivity contribution in [2.24, 2.45) is 0 Å². The lowest BCUT2D eigenvalue weighted by Gasteiger charge is -2.14. The summed E-state index contributed by atoms with van der Waals surface area (Å²) in [6, 6.07) is 12.0. The molecule has 2 aromatic carbocycles. The number of esters is 1. The third kappa shape index (κ3) is 5.80. The molecule has 0 radical (unpaired) electrons. The summed E-state index contributed by atoms with van der Waals surface area (Å²) in [7, 11) is 4.31. The number of benzene rings is 2. The third-order valence-electron chi connectivity index (χ3n) is 3.71. The maximum atomic E-state index is 12.4. The molecule has 0 aliphatic rings. The summed E-state index contributed by atoms with van der Waals surface area (Å²) in [6.45, 7) is -0.492. The van der Waals surface area contributed by atoms with Gasteiger partial charge in [0.15, 0.2) is 18.1 Å². The fourth-order valence-electron chi connectivity index (χ4n) is 2.39. The fourth-order valence-corrected chi connectivity index (χ4v) is 3.06. The number of amides is 1. The molecule has 0 saturated carbocycles. The van der Waals surface area contributed by atoms with E-state index in [-0.39, 0.29) is 17.1 Å². The van der Waals surface area contributed by atoms with Crippen molar-refractivity contribution in [3.05, 3.63) is 42.0 Å². The van der Waals surface area contributed by atoms with Crippen molar-refractivity contribution in [3.63, 3.8) is 0 Å². The minimum Gasteiger partial charge on any atom is -0.496 e. The molecule has 2 aromatic rings. The Morgan fingerprint density at radius 2 is 1.69 bits per heavy atom. The predicted molar refractivity (Wildman–Crippen MR) is 108 cm³/mol. The lowest BCUT2D eigenvalue weighted by Crippen LogP contribution is -2.21. The third-order valence-corrected chi connectivity index (χ3v) is 4.65. The molecular weight excluding hydrogens is 396 g/mol. The van der Waals surface area contributed by atoms with Crippen LogP contribution in [0.3, 0.4) is 0 Å². The van der Waals surface area contributed by atoms with E-state index in [9.17, 15) is 9.59 Å². The smallest absolute Gasteiger partial charge is 0.342 e. The highest BCUT2D eigenvalue weighted by Gasteiger charge is 2.20. The fraction of sp³-hybridized carbons (Fsp3) is 0.250. The molecule has 9 heteroatoms. The van der Waals surface area contributed by atoms with Gasteiger partial charge in [0.1, 0.15) is 11.3 Å². The largest absolute Gasteiger partial charge is 0.496 e. The van der Waals surface area contributed by atoms with Crippen molar-refractivity contribution in [2.75, 3.05) is 39.0 Å². The standard InChI is InChI=1S/C20H20N2O6S/c1-25-15-11-17(27-3)16(26-2)10-13(15)20(24)28-12-19(23)22-14-6-4-5-7-18(14)29-9-8-21/h4-7,10-11H,9,12H2,1-3H3,(H,22,23). The summed E-state index contributed by atoms with van der Waals surface area (Å²) in [5, 5.41) is 11.4. The summed E-state index contributed by atoms with van der Waals surface area (Å²) in [4.78, 5) is 25.4. The van der Waals surface area contributed by atoms with Gasteiger partial charge in [-0.15, -0.1) is 11.8 Å². The van der Waals surface area contributed by atoms with Crippen LogP contribution in [-0.4, -0.2) is 45.6 Å². The second-order valence-electron chi connectivity index (χ2n) is 5.47. The minimum absolute atomic E-state index is 0.0999. The number of carbonyl (C=O) groups excluding carboxylic acids is 2. The SMILES string of the molecule is COc1cc(OC)c(C(=O)OCC(=O)Nc2ccccc2SCC#N)cc1OC. The van der Waals surface area contributed by atoms with Gasteiger partial charge in [-0.05, 0) is 12.1 Å². The van der Waals surface area contributed by atoms with Gasteiger partial charge in [0.05, 0.1) is 38.8 Å². The second-order valence-corrected chi connectivity index (χ2v) is 6.49. The van der Waals surface area contributed by atoms with Gasteiger partial charge in [0, 0.05) is 17.0 Å². The van der Waals surface area contributed by atoms with Crippen molar-refractivity contribution < 1.29 is 28.5 Å². The molecular formula is C20H20N2O6S. The molecule has 0 aromatic heterocycles. The van der Waals surface area contributed by atoms with Gasteiger partial charge in [-0.25, -0.2) is 4.79 Å². The van der Waals surface area contributed by atoms with Gasteiger partial charge in [0.25, 0.3) is 5.91 Å². The summed E-state index contributed by atoms with van der Waals surface area (Å²) in [5.41, 5.74) is 0.639. The Labute approximate surface area is 172 Å². The van der Waals surface area contributed by atoms with Crippen molar-refractivity contribution >= 4 is 29.3 Å². The molecule has 0 spiro atoms. The van der Waals surface area contributed by atoms with E-state index in [1.165, 1.54) is 45.2 Å². The van der Waals surface area contributed by atoms with Crippen molar-refractivity contribution in [2.45, 2.75) is 4.90 Å². The van der Waals surface area contributed by atoms with Gasteiger partial charge >= 0.3 is 5.97 Å². The maximum absolute atomic E-state index is 12.4. The molecule has 8 nitrogen and oxygen atoms in total. The molecule has 0 heterocycles. The lowest BCUT2D eigenvalue weighted by molar-refractivity contribution is -0.119. The summed E-state index contributed by atoms with van der Waals surface area (Å²) < 4.78 is 20.7. The number of nitriles is 1. The van der Waals surface area contributed by atoms with Crippen LogP contribution in [0.4, 0.5) is 5.69 Å². The zero-order valence-corrected chi connectivity index (χ0v) is 17.0. The molecule has 0 saturated heterocycles. The van der Waals surface area contributed by atoms with Crippen LogP contribution in [0.2, 0.25) is 0 Å². The van der Waals surface area contributed by atoms with Gasteiger partial charge in [0.2, 0.25) is 0 Å². The Bertz CT molecular complexity index is 926. The van der Waals surface area contributed by atoms with Crippen LogP contribution in [0.25, 0.3) is 0 Å². The average Bonchev–Trinajstić information content (AvgIpc) is 2.75. The van der Waals surface area contributed by atoms with Crippen molar-refractivity contribution in [1.82, 2.24) is 0 Å². The Morgan fingerprint density at radius 3 is 2.34 bits per heavy atom. The van der Waals surface area contributed by atoms with E-state index in [2.05, 4.69) is 5.32 Å². The number of nitrogens with one attached hydrogen (secondary N) is 1. The number of carbonyl (C=O) groups is 2. The van der Waals surface area contributed by atoms with Crippen LogP contribution in [0.1, 0.15) is 10.4 Å². The molecule has 0 aliphatic heterocycles. The Morgan fingerprint density at radius 1 is 1.03 bits per heavy atom. The first kappa shape index (κ1) is 21.9. The molecule has 0 fully saturated rings. The zero-order chi connectivity index (χ0) is 21.2. The van der Waals surface area contributed by atoms with Crippen LogP contribution in [-0.2, 0) is 9.53 Å². The highest BCUT2D eigenvalue weighted by Crippen LogP contribution is 2.35. The highest BCUT2D eigenvalue weighted by atomic mass is 32.2. The van der Waals surface area contributed by atoms with E-state index < -0.39 is 18.5 Å². The number of anilines is 1. The van der Waals surface area contributed by atoms with Crippen LogP contribution >= 0.6 is 11.8 Å². The first-order valence-corrected chi connectivity index (χ1v) is 9.38. The second kappa shape index (κ2) is 10.8. The molecule has 0 unspecified atom stereocenters. The molecule has 0 aliphatic carbocycles. The van der Waals surface area contributed by atoms with E-state index in [4.69, 9.17) is 24.2 Å². The number of para-hydroxylation sites is 1. The Hall–Kier alpha value is -3.38. The normalized spacial score (nSPS) is 9.86. The minimum atomic E-state index is -0.745. The van der Waals surface area contributed by atoms with E-state index in [0.29, 0.717) is 17.2 Å². The molecule has 1 N–H and O–H groups in total. The van der Waals surface area contributed by atoms with E-state index in [1.807, 2.05) is 6.07 Å². The van der Waals surface area contributed by atoms with Gasteiger partial charge in [-0.2, -0.15) is 5.26 Å². The van der Waals surface area contributed by atoms with Crippen LogP contribution in [0, 0.1) is 11.3 Å². The molecule has 0 bridgehead atoms. The number of hydrogen-bond acceptors (Lipinski definition) is 8. The van der Waals surface area contributed by atoms with Gasteiger partial charge in [-0.1, -0.05) is 12.1 Å². The first-order valence-electron chi connectivity index (χ1n) is 8.39. The number of thioether (sulfide) groups is 1. The molecule has 29 heavy (non-hydrogen) atoms. The quantitative estimate of drug-likeness (QED) is 0.491. The summed E-state index contributed by atoms with van der Waals surface area (Å²) in [6.07, 6.45) is 0. The maximum Gasteiger partial charge on any atom is 0.342 e.